The minimum absolute atomic E-state index is 0.0724. The first-order chi connectivity index (χ1) is 6.69. The molecule has 0 atom stereocenters. The molecule has 0 aliphatic carbocycles. The van der Waals surface area contributed by atoms with E-state index < -0.39 is 0 Å². The van der Waals surface area contributed by atoms with Crippen molar-refractivity contribution in [2.45, 2.75) is 6.92 Å². The molecule has 0 aliphatic heterocycles. The SMILES string of the molecule is CCN(C)c1ccc(/C(N)=N/O)cn1. The summed E-state index contributed by atoms with van der Waals surface area (Å²) in [7, 11) is 1.95. The Morgan fingerprint density at radius 3 is 2.79 bits per heavy atom. The van der Waals surface area contributed by atoms with E-state index in [1.807, 2.05) is 24.9 Å². The smallest absolute Gasteiger partial charge is 0.171 e. The molecule has 1 aromatic rings. The third kappa shape index (κ3) is 2.12. The second-order valence-electron chi connectivity index (χ2n) is 2.90. The lowest BCUT2D eigenvalue weighted by molar-refractivity contribution is 0.318. The molecule has 0 amide bonds. The number of aromatic nitrogens is 1. The number of amidine groups is 1. The van der Waals surface area contributed by atoms with E-state index in [0.29, 0.717) is 5.56 Å². The van der Waals surface area contributed by atoms with Crippen LogP contribution in [0.25, 0.3) is 0 Å². The van der Waals surface area contributed by atoms with Gasteiger partial charge < -0.3 is 15.8 Å². The zero-order valence-electron chi connectivity index (χ0n) is 8.31. The Bertz CT molecular complexity index is 320. The fourth-order valence-electron chi connectivity index (χ4n) is 0.983. The third-order valence-electron chi connectivity index (χ3n) is 2.02. The molecule has 0 saturated heterocycles. The molecule has 0 aromatic carbocycles. The molecule has 3 N–H and O–H groups in total. The van der Waals surface area contributed by atoms with Gasteiger partial charge >= 0.3 is 0 Å². The number of hydrogen-bond donors (Lipinski definition) is 2. The average Bonchev–Trinajstić information content (AvgIpc) is 2.27. The number of hydrogen-bond acceptors (Lipinski definition) is 4. The molecule has 76 valence electrons. The van der Waals surface area contributed by atoms with Crippen molar-refractivity contribution in [3.05, 3.63) is 23.9 Å². The van der Waals surface area contributed by atoms with Crippen molar-refractivity contribution < 1.29 is 5.21 Å². The van der Waals surface area contributed by atoms with E-state index in [4.69, 9.17) is 10.9 Å². The van der Waals surface area contributed by atoms with Gasteiger partial charge in [0.25, 0.3) is 0 Å². The van der Waals surface area contributed by atoms with Gasteiger partial charge in [-0.3, -0.25) is 0 Å². The van der Waals surface area contributed by atoms with Gasteiger partial charge in [0.05, 0.1) is 0 Å². The van der Waals surface area contributed by atoms with Crippen molar-refractivity contribution in [1.29, 1.82) is 0 Å². The second-order valence-corrected chi connectivity index (χ2v) is 2.90. The molecular formula is C9H14N4O. The van der Waals surface area contributed by atoms with Crippen LogP contribution in [0.4, 0.5) is 5.82 Å². The summed E-state index contributed by atoms with van der Waals surface area (Å²) in [5, 5.41) is 11.3. The molecule has 0 spiro atoms. The molecule has 5 nitrogen and oxygen atoms in total. The van der Waals surface area contributed by atoms with Crippen LogP contribution in [-0.4, -0.2) is 29.6 Å². The summed E-state index contributed by atoms with van der Waals surface area (Å²) in [5.74, 6) is 0.935. The van der Waals surface area contributed by atoms with Crippen LogP contribution in [0.15, 0.2) is 23.5 Å². The molecule has 0 saturated carbocycles. The maximum absolute atomic E-state index is 8.44. The van der Waals surface area contributed by atoms with Gasteiger partial charge in [0.15, 0.2) is 5.84 Å². The monoisotopic (exact) mass is 194 g/mol. The number of nitrogens with zero attached hydrogens (tertiary/aromatic N) is 3. The summed E-state index contributed by atoms with van der Waals surface area (Å²) in [6.45, 7) is 2.93. The molecule has 0 bridgehead atoms. The summed E-state index contributed by atoms with van der Waals surface area (Å²) >= 11 is 0. The van der Waals surface area contributed by atoms with Gasteiger partial charge in [0, 0.05) is 25.4 Å². The maximum atomic E-state index is 8.44. The summed E-state index contributed by atoms with van der Waals surface area (Å²) in [6.07, 6.45) is 1.58. The molecule has 0 unspecified atom stereocenters. The second kappa shape index (κ2) is 4.45. The Hall–Kier alpha value is -1.78. The molecule has 1 rings (SSSR count). The highest BCUT2D eigenvalue weighted by atomic mass is 16.4. The van der Waals surface area contributed by atoms with E-state index in [2.05, 4.69) is 10.1 Å². The Labute approximate surface area is 82.9 Å². The topological polar surface area (TPSA) is 74.7 Å². The quantitative estimate of drug-likeness (QED) is 0.320. The summed E-state index contributed by atoms with van der Waals surface area (Å²) in [6, 6.07) is 3.60. The number of oxime groups is 1. The summed E-state index contributed by atoms with van der Waals surface area (Å²) in [5.41, 5.74) is 6.01. The van der Waals surface area contributed by atoms with E-state index in [1.54, 1.807) is 12.3 Å². The van der Waals surface area contributed by atoms with Crippen LogP contribution in [0.3, 0.4) is 0 Å². The van der Waals surface area contributed by atoms with E-state index in [1.165, 1.54) is 0 Å². The van der Waals surface area contributed by atoms with Crippen molar-refractivity contribution in [3.63, 3.8) is 0 Å². The highest BCUT2D eigenvalue weighted by molar-refractivity contribution is 5.96. The zero-order valence-corrected chi connectivity index (χ0v) is 8.31. The average molecular weight is 194 g/mol. The van der Waals surface area contributed by atoms with Gasteiger partial charge in [-0.25, -0.2) is 4.98 Å². The standard InChI is InChI=1S/C9H14N4O/c1-3-13(2)8-5-4-7(6-11-8)9(10)12-14/h4-6,14H,3H2,1-2H3,(H2,10,12). The van der Waals surface area contributed by atoms with Gasteiger partial charge in [0.1, 0.15) is 5.82 Å². The molecular weight excluding hydrogens is 180 g/mol. The Morgan fingerprint density at radius 2 is 2.36 bits per heavy atom. The first kappa shape index (κ1) is 10.3. The fourth-order valence-corrected chi connectivity index (χ4v) is 0.983. The molecule has 14 heavy (non-hydrogen) atoms. The lowest BCUT2D eigenvalue weighted by Crippen LogP contribution is -2.18. The van der Waals surface area contributed by atoms with Crippen molar-refractivity contribution in [3.8, 4) is 0 Å². The minimum atomic E-state index is 0.0724. The van der Waals surface area contributed by atoms with Gasteiger partial charge in [-0.15, -0.1) is 0 Å². The number of nitrogens with two attached hydrogens (primary N) is 1. The molecule has 0 fully saturated rings. The van der Waals surface area contributed by atoms with Crippen LogP contribution in [0, 0.1) is 0 Å². The number of rotatable bonds is 3. The predicted octanol–water partition coefficient (Wildman–Crippen LogP) is 0.632. The van der Waals surface area contributed by atoms with Gasteiger partial charge in [-0.05, 0) is 19.1 Å². The highest BCUT2D eigenvalue weighted by Crippen LogP contribution is 2.08. The first-order valence-electron chi connectivity index (χ1n) is 4.34. The van der Waals surface area contributed by atoms with E-state index in [0.717, 1.165) is 12.4 Å². The van der Waals surface area contributed by atoms with Crippen LogP contribution < -0.4 is 10.6 Å². The minimum Gasteiger partial charge on any atom is -0.409 e. The Balaban J connectivity index is 2.89. The fraction of sp³-hybridized carbons (Fsp3) is 0.333. The number of anilines is 1. The predicted molar refractivity (Wildman–Crippen MR) is 55.7 cm³/mol. The van der Waals surface area contributed by atoms with Crippen LogP contribution in [-0.2, 0) is 0 Å². The van der Waals surface area contributed by atoms with E-state index >= 15 is 0 Å². The van der Waals surface area contributed by atoms with Crippen LogP contribution >= 0.6 is 0 Å². The molecule has 1 aromatic heterocycles. The summed E-state index contributed by atoms with van der Waals surface area (Å²) in [4.78, 5) is 6.17. The Morgan fingerprint density at radius 1 is 1.64 bits per heavy atom. The van der Waals surface area contributed by atoms with Crippen molar-refractivity contribution in [2.24, 2.45) is 10.9 Å². The lowest BCUT2D eigenvalue weighted by atomic mass is 10.2. The first-order valence-corrected chi connectivity index (χ1v) is 4.34. The maximum Gasteiger partial charge on any atom is 0.171 e. The normalized spacial score (nSPS) is 11.4. The zero-order chi connectivity index (χ0) is 10.6. The van der Waals surface area contributed by atoms with Gasteiger partial charge in [-0.1, -0.05) is 5.16 Å². The lowest BCUT2D eigenvalue weighted by Gasteiger charge is -2.15. The molecule has 1 heterocycles. The third-order valence-corrected chi connectivity index (χ3v) is 2.02. The largest absolute Gasteiger partial charge is 0.409 e. The van der Waals surface area contributed by atoms with Crippen molar-refractivity contribution in [1.82, 2.24) is 4.98 Å². The van der Waals surface area contributed by atoms with Crippen LogP contribution in [0.2, 0.25) is 0 Å². The van der Waals surface area contributed by atoms with Crippen molar-refractivity contribution in [2.75, 3.05) is 18.5 Å². The number of pyridine rings is 1. The molecule has 0 radical (unpaired) electrons. The summed E-state index contributed by atoms with van der Waals surface area (Å²) < 4.78 is 0. The molecule has 0 aliphatic rings. The van der Waals surface area contributed by atoms with Gasteiger partial charge in [-0.2, -0.15) is 0 Å². The van der Waals surface area contributed by atoms with Crippen LogP contribution in [0.1, 0.15) is 12.5 Å². The van der Waals surface area contributed by atoms with Crippen molar-refractivity contribution >= 4 is 11.7 Å². The van der Waals surface area contributed by atoms with E-state index in [-0.39, 0.29) is 5.84 Å². The van der Waals surface area contributed by atoms with E-state index in [9.17, 15) is 0 Å². The Kier molecular flexibility index (Phi) is 3.28. The molecule has 5 heteroatoms. The van der Waals surface area contributed by atoms with Crippen LogP contribution in [0.5, 0.6) is 0 Å². The van der Waals surface area contributed by atoms with Gasteiger partial charge in [0.2, 0.25) is 0 Å². The highest BCUT2D eigenvalue weighted by Gasteiger charge is 2.02.